The Morgan fingerprint density at radius 3 is 3.00 bits per heavy atom. The number of nitrogens with zero attached hydrogens (tertiary/aromatic N) is 1. The Bertz CT molecular complexity index is 389. The Labute approximate surface area is 115 Å². The van der Waals surface area contributed by atoms with Crippen LogP contribution in [0.1, 0.15) is 43.5 Å². The average Bonchev–Trinajstić information content (AvgIpc) is 2.98. The van der Waals surface area contributed by atoms with E-state index in [1.165, 1.54) is 6.26 Å². The Morgan fingerprint density at radius 2 is 2.37 bits per heavy atom. The van der Waals surface area contributed by atoms with Crippen LogP contribution in [0.15, 0.2) is 23.0 Å². The van der Waals surface area contributed by atoms with Crippen molar-refractivity contribution in [2.75, 3.05) is 19.6 Å². The molecule has 1 fully saturated rings. The first-order chi connectivity index (χ1) is 9.26. The molecule has 2 heterocycles. The Kier molecular flexibility index (Phi) is 5.02. The van der Waals surface area contributed by atoms with E-state index in [4.69, 9.17) is 4.42 Å². The highest BCUT2D eigenvalue weighted by Crippen LogP contribution is 2.22. The van der Waals surface area contributed by atoms with Gasteiger partial charge >= 0.3 is 0 Å². The number of nitrogens with one attached hydrogen (secondary N) is 1. The molecule has 1 aliphatic heterocycles. The summed E-state index contributed by atoms with van der Waals surface area (Å²) in [5.41, 5.74) is 0.662. The molecule has 19 heavy (non-hydrogen) atoms. The van der Waals surface area contributed by atoms with Gasteiger partial charge in [-0.15, -0.1) is 0 Å². The van der Waals surface area contributed by atoms with Gasteiger partial charge in [0.15, 0.2) is 0 Å². The van der Waals surface area contributed by atoms with Gasteiger partial charge in [0.1, 0.15) is 6.26 Å². The number of amides is 1. The lowest BCUT2D eigenvalue weighted by Crippen LogP contribution is -2.51. The fourth-order valence-electron chi connectivity index (χ4n) is 2.80. The van der Waals surface area contributed by atoms with Gasteiger partial charge in [0.25, 0.3) is 5.91 Å². The number of carbonyl (C=O) groups is 1. The SMILES string of the molecule is CCCNC1CCN(C(=O)c2ccoc2)CC1CC. The second kappa shape index (κ2) is 6.75. The zero-order valence-corrected chi connectivity index (χ0v) is 11.9. The molecule has 1 aliphatic rings. The summed E-state index contributed by atoms with van der Waals surface area (Å²) in [6, 6.07) is 2.29. The lowest BCUT2D eigenvalue weighted by molar-refractivity contribution is 0.0626. The van der Waals surface area contributed by atoms with E-state index < -0.39 is 0 Å². The van der Waals surface area contributed by atoms with Crippen LogP contribution in [0.3, 0.4) is 0 Å². The summed E-state index contributed by atoms with van der Waals surface area (Å²) in [5.74, 6) is 0.650. The van der Waals surface area contributed by atoms with Crippen LogP contribution in [-0.2, 0) is 0 Å². The molecular weight excluding hydrogens is 240 g/mol. The molecule has 0 bridgehead atoms. The molecule has 4 nitrogen and oxygen atoms in total. The minimum atomic E-state index is 0.0983. The number of hydrogen-bond acceptors (Lipinski definition) is 3. The van der Waals surface area contributed by atoms with Crippen molar-refractivity contribution in [2.45, 2.75) is 39.2 Å². The third-order valence-corrected chi connectivity index (χ3v) is 3.97. The predicted molar refractivity (Wildman–Crippen MR) is 75.1 cm³/mol. The molecule has 1 aromatic heterocycles. The van der Waals surface area contributed by atoms with Crippen molar-refractivity contribution in [1.82, 2.24) is 10.2 Å². The molecule has 0 spiro atoms. The molecule has 0 aliphatic carbocycles. The summed E-state index contributed by atoms with van der Waals surface area (Å²) in [4.78, 5) is 14.3. The zero-order chi connectivity index (χ0) is 13.7. The maximum absolute atomic E-state index is 12.3. The molecule has 1 aromatic rings. The maximum atomic E-state index is 12.3. The second-order valence-corrected chi connectivity index (χ2v) is 5.28. The van der Waals surface area contributed by atoms with Gasteiger partial charge in [-0.2, -0.15) is 0 Å². The van der Waals surface area contributed by atoms with Gasteiger partial charge in [0, 0.05) is 19.1 Å². The summed E-state index contributed by atoms with van der Waals surface area (Å²) in [6.45, 7) is 7.14. The van der Waals surface area contributed by atoms with Crippen LogP contribution in [0.25, 0.3) is 0 Å². The molecule has 1 saturated heterocycles. The second-order valence-electron chi connectivity index (χ2n) is 5.28. The number of furan rings is 1. The minimum Gasteiger partial charge on any atom is -0.472 e. The van der Waals surface area contributed by atoms with Crippen LogP contribution in [0, 0.1) is 5.92 Å². The van der Waals surface area contributed by atoms with E-state index in [-0.39, 0.29) is 5.91 Å². The first kappa shape index (κ1) is 14.1. The van der Waals surface area contributed by atoms with Crippen LogP contribution in [0.5, 0.6) is 0 Å². The normalized spacial score (nSPS) is 23.6. The quantitative estimate of drug-likeness (QED) is 0.889. The first-order valence-electron chi connectivity index (χ1n) is 7.31. The highest BCUT2D eigenvalue weighted by molar-refractivity contribution is 5.93. The molecule has 2 atom stereocenters. The van der Waals surface area contributed by atoms with Gasteiger partial charge < -0.3 is 14.6 Å². The number of rotatable bonds is 5. The van der Waals surface area contributed by atoms with E-state index in [9.17, 15) is 4.79 Å². The summed E-state index contributed by atoms with van der Waals surface area (Å²) >= 11 is 0. The van der Waals surface area contributed by atoms with E-state index in [1.54, 1.807) is 12.3 Å². The Hall–Kier alpha value is -1.29. The summed E-state index contributed by atoms with van der Waals surface area (Å²) in [5, 5.41) is 3.61. The van der Waals surface area contributed by atoms with E-state index >= 15 is 0 Å². The zero-order valence-electron chi connectivity index (χ0n) is 11.9. The molecule has 0 aromatic carbocycles. The Balaban J connectivity index is 1.94. The fraction of sp³-hybridized carbons (Fsp3) is 0.667. The number of piperidine rings is 1. The van der Waals surface area contributed by atoms with Gasteiger partial charge in [-0.3, -0.25) is 4.79 Å². The topological polar surface area (TPSA) is 45.5 Å². The minimum absolute atomic E-state index is 0.0983. The van der Waals surface area contributed by atoms with Crippen molar-refractivity contribution >= 4 is 5.91 Å². The predicted octanol–water partition coefficient (Wildman–Crippen LogP) is 2.52. The average molecular weight is 264 g/mol. The van der Waals surface area contributed by atoms with Crippen LogP contribution in [-0.4, -0.2) is 36.5 Å². The first-order valence-corrected chi connectivity index (χ1v) is 7.31. The molecule has 0 saturated carbocycles. The highest BCUT2D eigenvalue weighted by Gasteiger charge is 2.30. The van der Waals surface area contributed by atoms with Crippen molar-refractivity contribution in [3.05, 3.63) is 24.2 Å². The molecule has 106 valence electrons. The molecular formula is C15H24N2O2. The summed E-state index contributed by atoms with van der Waals surface area (Å²) in [6.07, 6.45) is 6.40. The fourth-order valence-corrected chi connectivity index (χ4v) is 2.80. The van der Waals surface area contributed by atoms with Crippen molar-refractivity contribution in [3.63, 3.8) is 0 Å². The monoisotopic (exact) mass is 264 g/mol. The van der Waals surface area contributed by atoms with Crippen LogP contribution in [0.2, 0.25) is 0 Å². The van der Waals surface area contributed by atoms with Crippen molar-refractivity contribution in [1.29, 1.82) is 0 Å². The largest absolute Gasteiger partial charge is 0.472 e. The van der Waals surface area contributed by atoms with Gasteiger partial charge in [0.05, 0.1) is 11.8 Å². The van der Waals surface area contributed by atoms with Crippen molar-refractivity contribution < 1.29 is 9.21 Å². The maximum Gasteiger partial charge on any atom is 0.257 e. The number of carbonyl (C=O) groups excluding carboxylic acids is 1. The van der Waals surface area contributed by atoms with Gasteiger partial charge in [-0.05, 0) is 31.4 Å². The van der Waals surface area contributed by atoms with E-state index in [1.807, 2.05) is 4.90 Å². The highest BCUT2D eigenvalue weighted by atomic mass is 16.3. The molecule has 1 amide bonds. The van der Waals surface area contributed by atoms with E-state index in [2.05, 4.69) is 19.2 Å². The van der Waals surface area contributed by atoms with Crippen LogP contribution < -0.4 is 5.32 Å². The van der Waals surface area contributed by atoms with Crippen LogP contribution in [0.4, 0.5) is 0 Å². The number of likely N-dealkylation sites (tertiary alicyclic amines) is 1. The van der Waals surface area contributed by atoms with E-state index in [0.29, 0.717) is 17.5 Å². The molecule has 2 unspecified atom stereocenters. The lowest BCUT2D eigenvalue weighted by atomic mass is 9.89. The van der Waals surface area contributed by atoms with Crippen LogP contribution >= 0.6 is 0 Å². The van der Waals surface area contributed by atoms with Crippen molar-refractivity contribution in [3.8, 4) is 0 Å². The standard InChI is InChI=1S/C15H24N2O2/c1-3-7-16-14-5-8-17(10-12(14)4-2)15(18)13-6-9-19-11-13/h6,9,11-12,14,16H,3-5,7-8,10H2,1-2H3. The van der Waals surface area contributed by atoms with E-state index in [0.717, 1.165) is 38.9 Å². The smallest absolute Gasteiger partial charge is 0.257 e. The summed E-state index contributed by atoms with van der Waals surface area (Å²) in [7, 11) is 0. The van der Waals surface area contributed by atoms with Gasteiger partial charge in [-0.1, -0.05) is 20.3 Å². The Morgan fingerprint density at radius 1 is 1.53 bits per heavy atom. The molecule has 4 heteroatoms. The molecule has 0 radical (unpaired) electrons. The third kappa shape index (κ3) is 3.38. The molecule has 1 N–H and O–H groups in total. The third-order valence-electron chi connectivity index (χ3n) is 3.97. The van der Waals surface area contributed by atoms with Gasteiger partial charge in [0.2, 0.25) is 0 Å². The molecule has 2 rings (SSSR count). The number of hydrogen-bond donors (Lipinski definition) is 1. The summed E-state index contributed by atoms with van der Waals surface area (Å²) < 4.78 is 4.99. The van der Waals surface area contributed by atoms with Gasteiger partial charge in [-0.25, -0.2) is 0 Å². The lowest BCUT2D eigenvalue weighted by Gasteiger charge is -2.38. The van der Waals surface area contributed by atoms with Crippen molar-refractivity contribution in [2.24, 2.45) is 5.92 Å².